The zero-order valence-corrected chi connectivity index (χ0v) is 13.1. The molecule has 0 unspecified atom stereocenters. The zero-order valence-electron chi connectivity index (χ0n) is 13.1. The Kier molecular flexibility index (Phi) is 4.12. The van der Waals surface area contributed by atoms with Crippen LogP contribution in [-0.4, -0.2) is 16.7 Å². The average molecular weight is 324 g/mol. The minimum atomic E-state index is -0.516. The van der Waals surface area contributed by atoms with Crippen LogP contribution in [0.15, 0.2) is 54.6 Å². The second-order valence-electron chi connectivity index (χ2n) is 5.85. The van der Waals surface area contributed by atoms with Crippen molar-refractivity contribution >= 4 is 23.2 Å². The van der Waals surface area contributed by atoms with Crippen molar-refractivity contribution in [2.24, 2.45) is 5.92 Å². The van der Waals surface area contributed by atoms with Gasteiger partial charge in [-0.25, -0.2) is 0 Å². The second-order valence-corrected chi connectivity index (χ2v) is 5.85. The zero-order chi connectivity index (χ0) is 17.3. The normalized spacial score (nSPS) is 18.7. The summed E-state index contributed by atoms with van der Waals surface area (Å²) in [6, 6.07) is 15.1. The summed E-state index contributed by atoms with van der Waals surface area (Å²) in [5.74, 6) is -1.03. The van der Waals surface area contributed by atoms with E-state index in [0.29, 0.717) is 5.69 Å². The SMILES string of the molecule is C[C@@H](c1ccccc1)[C@H]1CC(=O)N(c2ccc([N+](=O)[O-])cc2)C1=O. The molecule has 2 aromatic rings. The molecular weight excluding hydrogens is 308 g/mol. The molecule has 6 heteroatoms. The predicted octanol–water partition coefficient (Wildman–Crippen LogP) is 3.28. The summed E-state index contributed by atoms with van der Waals surface area (Å²) in [6.07, 6.45) is 0.145. The Bertz CT molecular complexity index is 786. The first-order valence-electron chi connectivity index (χ1n) is 7.65. The maximum atomic E-state index is 12.7. The largest absolute Gasteiger partial charge is 0.274 e. The highest BCUT2D eigenvalue weighted by atomic mass is 16.6. The maximum absolute atomic E-state index is 12.7. The lowest BCUT2D eigenvalue weighted by molar-refractivity contribution is -0.384. The molecule has 1 heterocycles. The quantitative estimate of drug-likeness (QED) is 0.491. The number of nitro benzene ring substituents is 1. The van der Waals surface area contributed by atoms with Crippen LogP contribution >= 0.6 is 0 Å². The lowest BCUT2D eigenvalue weighted by atomic mass is 9.86. The van der Waals surface area contributed by atoms with Crippen LogP contribution in [0.25, 0.3) is 0 Å². The van der Waals surface area contributed by atoms with Crippen molar-refractivity contribution in [3.05, 3.63) is 70.3 Å². The first kappa shape index (κ1) is 15.9. The number of carbonyl (C=O) groups is 2. The topological polar surface area (TPSA) is 80.5 Å². The molecule has 2 amide bonds. The van der Waals surface area contributed by atoms with Gasteiger partial charge in [0.2, 0.25) is 11.8 Å². The number of amides is 2. The fourth-order valence-electron chi connectivity index (χ4n) is 3.03. The van der Waals surface area contributed by atoms with E-state index in [1.807, 2.05) is 37.3 Å². The molecule has 0 radical (unpaired) electrons. The number of imide groups is 1. The molecule has 1 saturated heterocycles. The number of non-ortho nitro benzene ring substituents is 1. The number of hydrogen-bond acceptors (Lipinski definition) is 4. The van der Waals surface area contributed by atoms with E-state index in [0.717, 1.165) is 10.5 Å². The second kappa shape index (κ2) is 6.23. The number of benzene rings is 2. The van der Waals surface area contributed by atoms with Gasteiger partial charge in [0.25, 0.3) is 5.69 Å². The van der Waals surface area contributed by atoms with E-state index in [2.05, 4.69) is 0 Å². The molecule has 0 aromatic heterocycles. The fraction of sp³-hybridized carbons (Fsp3) is 0.222. The van der Waals surface area contributed by atoms with Crippen LogP contribution in [0, 0.1) is 16.0 Å². The first-order chi connectivity index (χ1) is 11.5. The van der Waals surface area contributed by atoms with Crippen molar-refractivity contribution < 1.29 is 14.5 Å². The highest BCUT2D eigenvalue weighted by Crippen LogP contribution is 2.36. The molecule has 3 rings (SSSR count). The molecule has 0 saturated carbocycles. The van der Waals surface area contributed by atoms with Crippen molar-refractivity contribution in [3.8, 4) is 0 Å². The summed E-state index contributed by atoms with van der Waals surface area (Å²) in [5, 5.41) is 10.7. The minimum Gasteiger partial charge on any atom is -0.274 e. The van der Waals surface area contributed by atoms with Gasteiger partial charge in [0, 0.05) is 18.6 Å². The van der Waals surface area contributed by atoms with E-state index in [4.69, 9.17) is 0 Å². The summed E-state index contributed by atoms with van der Waals surface area (Å²) in [7, 11) is 0. The third-order valence-electron chi connectivity index (χ3n) is 4.43. The van der Waals surface area contributed by atoms with E-state index in [1.54, 1.807) is 0 Å². The number of anilines is 1. The summed E-state index contributed by atoms with van der Waals surface area (Å²) < 4.78 is 0. The van der Waals surface area contributed by atoms with Crippen molar-refractivity contribution in [3.63, 3.8) is 0 Å². The van der Waals surface area contributed by atoms with Gasteiger partial charge in [-0.2, -0.15) is 0 Å². The molecule has 24 heavy (non-hydrogen) atoms. The van der Waals surface area contributed by atoms with Gasteiger partial charge >= 0.3 is 0 Å². The Morgan fingerprint density at radius 3 is 2.29 bits per heavy atom. The minimum absolute atomic E-state index is 0.0768. The van der Waals surface area contributed by atoms with Crippen molar-refractivity contribution in [1.82, 2.24) is 0 Å². The number of nitro groups is 1. The molecule has 122 valence electrons. The Labute approximate surface area is 138 Å². The lowest BCUT2D eigenvalue weighted by Crippen LogP contribution is -2.31. The van der Waals surface area contributed by atoms with E-state index < -0.39 is 10.8 Å². The van der Waals surface area contributed by atoms with Crippen LogP contribution in [0.5, 0.6) is 0 Å². The smallest absolute Gasteiger partial charge is 0.269 e. The van der Waals surface area contributed by atoms with Crippen LogP contribution in [0.2, 0.25) is 0 Å². The van der Waals surface area contributed by atoms with Gasteiger partial charge in [0.1, 0.15) is 0 Å². The Morgan fingerprint density at radius 2 is 1.71 bits per heavy atom. The van der Waals surface area contributed by atoms with Gasteiger partial charge in [-0.15, -0.1) is 0 Å². The van der Waals surface area contributed by atoms with E-state index in [1.165, 1.54) is 24.3 Å². The van der Waals surface area contributed by atoms with Crippen LogP contribution in [0.4, 0.5) is 11.4 Å². The number of hydrogen-bond donors (Lipinski definition) is 0. The fourth-order valence-corrected chi connectivity index (χ4v) is 3.03. The van der Waals surface area contributed by atoms with Gasteiger partial charge in [-0.05, 0) is 23.6 Å². The Balaban J connectivity index is 1.85. The Morgan fingerprint density at radius 1 is 1.08 bits per heavy atom. The molecule has 0 bridgehead atoms. The first-order valence-corrected chi connectivity index (χ1v) is 7.65. The van der Waals surface area contributed by atoms with E-state index >= 15 is 0 Å². The monoisotopic (exact) mass is 324 g/mol. The van der Waals surface area contributed by atoms with E-state index in [9.17, 15) is 19.7 Å². The molecular formula is C18H16N2O4. The molecule has 0 spiro atoms. The van der Waals surface area contributed by atoms with Crippen LogP contribution in [-0.2, 0) is 9.59 Å². The summed E-state index contributed by atoms with van der Waals surface area (Å²) in [5.41, 5.74) is 1.31. The summed E-state index contributed by atoms with van der Waals surface area (Å²) in [4.78, 5) is 36.4. The summed E-state index contributed by atoms with van der Waals surface area (Å²) in [6.45, 7) is 1.94. The standard InChI is InChI=1S/C18H16N2O4/c1-12(13-5-3-2-4-6-13)16-11-17(21)19(18(16)22)14-7-9-15(10-8-14)20(23)24/h2-10,12,16H,11H2,1H3/t12-,16+/m0/s1. The number of carbonyl (C=O) groups excluding carboxylic acids is 2. The molecule has 6 nitrogen and oxygen atoms in total. The van der Waals surface area contributed by atoms with Crippen LogP contribution < -0.4 is 4.90 Å². The lowest BCUT2D eigenvalue weighted by Gasteiger charge is -2.19. The third-order valence-corrected chi connectivity index (χ3v) is 4.43. The third kappa shape index (κ3) is 2.78. The molecule has 1 aliphatic rings. The number of nitrogens with zero attached hydrogens (tertiary/aromatic N) is 2. The summed E-state index contributed by atoms with van der Waals surface area (Å²) >= 11 is 0. The molecule has 2 atom stereocenters. The van der Waals surface area contributed by atoms with Gasteiger partial charge in [0.05, 0.1) is 16.5 Å². The maximum Gasteiger partial charge on any atom is 0.269 e. The van der Waals surface area contributed by atoms with Crippen molar-refractivity contribution in [2.75, 3.05) is 4.90 Å². The Hall–Kier alpha value is -3.02. The van der Waals surface area contributed by atoms with Crippen molar-refractivity contribution in [2.45, 2.75) is 19.3 Å². The van der Waals surface area contributed by atoms with Gasteiger partial charge in [-0.1, -0.05) is 37.3 Å². The molecule has 0 N–H and O–H groups in total. The van der Waals surface area contributed by atoms with Gasteiger partial charge in [0.15, 0.2) is 0 Å². The molecule has 2 aromatic carbocycles. The van der Waals surface area contributed by atoms with E-state index in [-0.39, 0.29) is 29.8 Å². The van der Waals surface area contributed by atoms with Crippen molar-refractivity contribution in [1.29, 1.82) is 0 Å². The highest BCUT2D eigenvalue weighted by Gasteiger charge is 2.42. The van der Waals surface area contributed by atoms with Gasteiger partial charge in [-0.3, -0.25) is 24.6 Å². The molecule has 1 fully saturated rings. The predicted molar refractivity (Wildman–Crippen MR) is 88.6 cm³/mol. The highest BCUT2D eigenvalue weighted by molar-refractivity contribution is 6.21. The van der Waals surface area contributed by atoms with Crippen LogP contribution in [0.1, 0.15) is 24.8 Å². The average Bonchev–Trinajstić information content (AvgIpc) is 2.89. The molecule has 0 aliphatic carbocycles. The van der Waals surface area contributed by atoms with Gasteiger partial charge < -0.3 is 0 Å². The number of rotatable bonds is 4. The molecule has 1 aliphatic heterocycles. The van der Waals surface area contributed by atoms with Crippen LogP contribution in [0.3, 0.4) is 0 Å².